The molecule has 0 unspecified atom stereocenters. The molecule has 2 aromatic carbocycles. The largest absolute Gasteiger partial charge is 0.468 e. The average molecular weight is 444 g/mol. The lowest BCUT2D eigenvalue weighted by Crippen LogP contribution is -2.36. The molecule has 25 heavy (non-hydrogen) atoms. The molecule has 0 saturated heterocycles. The van der Waals surface area contributed by atoms with Crippen molar-refractivity contribution in [1.82, 2.24) is 0 Å². The highest BCUT2D eigenvalue weighted by Gasteiger charge is 2.27. The summed E-state index contributed by atoms with van der Waals surface area (Å²) in [6.45, 7) is 1.45. The molecule has 0 N–H and O–H groups in total. The maximum Gasteiger partial charge on any atom is 0.326 e. The molecule has 0 atom stereocenters. The van der Waals surface area contributed by atoms with E-state index >= 15 is 0 Å². The Morgan fingerprint density at radius 3 is 2.36 bits per heavy atom. The summed E-state index contributed by atoms with van der Waals surface area (Å²) >= 11 is 4.92. The summed E-state index contributed by atoms with van der Waals surface area (Å²) in [5.41, 5.74) is 1.26. The van der Waals surface area contributed by atoms with Crippen LogP contribution < -0.4 is 4.31 Å². The highest BCUT2D eigenvalue weighted by atomic mass is 79.9. The number of thioether (sulfide) groups is 1. The second-order valence-corrected chi connectivity index (χ2v) is 8.79. The predicted molar refractivity (Wildman–Crippen MR) is 104 cm³/mol. The number of esters is 1. The van der Waals surface area contributed by atoms with Gasteiger partial charge in [-0.3, -0.25) is 9.10 Å². The van der Waals surface area contributed by atoms with E-state index in [2.05, 4.69) is 20.7 Å². The van der Waals surface area contributed by atoms with E-state index in [-0.39, 0.29) is 4.90 Å². The van der Waals surface area contributed by atoms with Crippen LogP contribution in [-0.4, -0.2) is 34.3 Å². The first-order chi connectivity index (χ1) is 11.8. The topological polar surface area (TPSA) is 63.7 Å². The Kier molecular flexibility index (Phi) is 6.53. The van der Waals surface area contributed by atoms with Crippen LogP contribution in [0.3, 0.4) is 0 Å². The van der Waals surface area contributed by atoms with Crippen molar-refractivity contribution in [2.45, 2.75) is 16.7 Å². The number of anilines is 1. The van der Waals surface area contributed by atoms with Gasteiger partial charge in [0.25, 0.3) is 10.0 Å². The number of nitrogens with zero attached hydrogens (tertiary/aromatic N) is 1. The Bertz CT molecular complexity index is 867. The normalized spacial score (nSPS) is 11.2. The van der Waals surface area contributed by atoms with Gasteiger partial charge in [-0.25, -0.2) is 8.42 Å². The standard InChI is InChI=1S/C17H18BrNO4S2/c1-12-10-13(4-9-16(12)18)19(11-17(20)23-2)25(21,22)15-7-5-14(24-3)6-8-15/h4-10H,11H2,1-3H3. The van der Waals surface area contributed by atoms with E-state index in [0.29, 0.717) is 5.69 Å². The summed E-state index contributed by atoms with van der Waals surface area (Å²) in [6, 6.07) is 11.7. The minimum Gasteiger partial charge on any atom is -0.468 e. The number of carbonyl (C=O) groups excluding carboxylic acids is 1. The van der Waals surface area contributed by atoms with Crippen molar-refractivity contribution in [2.24, 2.45) is 0 Å². The van der Waals surface area contributed by atoms with E-state index in [1.54, 1.807) is 30.3 Å². The molecule has 0 amide bonds. The van der Waals surface area contributed by atoms with Gasteiger partial charge in [0.1, 0.15) is 6.54 Å². The molecule has 0 heterocycles. The van der Waals surface area contributed by atoms with Crippen LogP contribution in [0.5, 0.6) is 0 Å². The summed E-state index contributed by atoms with van der Waals surface area (Å²) in [7, 11) is -2.68. The van der Waals surface area contributed by atoms with Crippen molar-refractivity contribution in [3.8, 4) is 0 Å². The van der Waals surface area contributed by atoms with Gasteiger partial charge < -0.3 is 4.74 Å². The zero-order chi connectivity index (χ0) is 18.6. The van der Waals surface area contributed by atoms with Crippen molar-refractivity contribution >= 4 is 49.4 Å². The van der Waals surface area contributed by atoms with Crippen LogP contribution in [-0.2, 0) is 19.6 Å². The Hall–Kier alpha value is -1.51. The fourth-order valence-electron chi connectivity index (χ4n) is 2.16. The second-order valence-electron chi connectivity index (χ2n) is 5.20. The highest BCUT2D eigenvalue weighted by molar-refractivity contribution is 9.10. The minimum absolute atomic E-state index is 0.120. The molecule has 0 fully saturated rings. The molecular formula is C17H18BrNO4S2. The van der Waals surface area contributed by atoms with Crippen LogP contribution in [0.4, 0.5) is 5.69 Å². The van der Waals surface area contributed by atoms with Crippen molar-refractivity contribution in [2.75, 3.05) is 24.2 Å². The zero-order valence-corrected chi connectivity index (χ0v) is 17.2. The summed E-state index contributed by atoms with van der Waals surface area (Å²) in [5.74, 6) is -0.634. The monoisotopic (exact) mass is 443 g/mol. The van der Waals surface area contributed by atoms with Gasteiger partial charge in [0, 0.05) is 9.37 Å². The molecule has 0 radical (unpaired) electrons. The first-order valence-corrected chi connectivity index (χ1v) is 10.7. The molecule has 0 aliphatic carbocycles. The van der Waals surface area contributed by atoms with E-state index < -0.39 is 22.5 Å². The number of hydrogen-bond donors (Lipinski definition) is 0. The van der Waals surface area contributed by atoms with E-state index in [0.717, 1.165) is 19.2 Å². The van der Waals surface area contributed by atoms with Crippen molar-refractivity contribution in [1.29, 1.82) is 0 Å². The predicted octanol–water partition coefficient (Wildman–Crippen LogP) is 3.85. The van der Waals surface area contributed by atoms with Crippen molar-refractivity contribution in [3.63, 3.8) is 0 Å². The van der Waals surface area contributed by atoms with E-state index in [9.17, 15) is 13.2 Å². The second kappa shape index (κ2) is 8.25. The lowest BCUT2D eigenvalue weighted by atomic mass is 10.2. The molecule has 0 spiro atoms. The summed E-state index contributed by atoms with van der Waals surface area (Å²) < 4.78 is 32.7. The Morgan fingerprint density at radius 1 is 1.20 bits per heavy atom. The molecule has 0 bridgehead atoms. The van der Waals surface area contributed by atoms with Crippen LogP contribution in [0.25, 0.3) is 0 Å². The first kappa shape index (κ1) is 19.8. The zero-order valence-electron chi connectivity index (χ0n) is 14.0. The van der Waals surface area contributed by atoms with Gasteiger partial charge in [-0.15, -0.1) is 11.8 Å². The molecule has 2 rings (SSSR count). The maximum absolute atomic E-state index is 13.1. The molecule has 2 aromatic rings. The van der Waals surface area contributed by atoms with Crippen LogP contribution in [0.1, 0.15) is 5.56 Å². The molecule has 0 aromatic heterocycles. The SMILES string of the molecule is COC(=O)CN(c1ccc(Br)c(C)c1)S(=O)(=O)c1ccc(SC)cc1. The van der Waals surface area contributed by atoms with Crippen LogP contribution in [0, 0.1) is 6.92 Å². The van der Waals surface area contributed by atoms with Gasteiger partial charge in [0.2, 0.25) is 0 Å². The summed E-state index contributed by atoms with van der Waals surface area (Å²) in [5, 5.41) is 0. The van der Waals surface area contributed by atoms with Crippen LogP contribution in [0.15, 0.2) is 56.7 Å². The molecule has 134 valence electrons. The van der Waals surface area contributed by atoms with Gasteiger partial charge in [0.05, 0.1) is 17.7 Å². The highest BCUT2D eigenvalue weighted by Crippen LogP contribution is 2.28. The van der Waals surface area contributed by atoms with Gasteiger partial charge in [-0.05, 0) is 61.2 Å². The van der Waals surface area contributed by atoms with Gasteiger partial charge >= 0.3 is 5.97 Å². The molecule has 5 nitrogen and oxygen atoms in total. The quantitative estimate of drug-likeness (QED) is 0.501. The first-order valence-electron chi connectivity index (χ1n) is 7.29. The number of carbonyl (C=O) groups is 1. The molecule has 0 aliphatic heterocycles. The van der Waals surface area contributed by atoms with Crippen molar-refractivity contribution in [3.05, 3.63) is 52.5 Å². The van der Waals surface area contributed by atoms with Gasteiger partial charge in [0.15, 0.2) is 0 Å². The third kappa shape index (κ3) is 4.56. The minimum atomic E-state index is -3.91. The number of ether oxygens (including phenoxy) is 1. The number of sulfonamides is 1. The smallest absolute Gasteiger partial charge is 0.326 e. The van der Waals surface area contributed by atoms with Crippen molar-refractivity contribution < 1.29 is 17.9 Å². The fourth-order valence-corrected chi connectivity index (χ4v) is 4.21. The number of benzene rings is 2. The lowest BCUT2D eigenvalue weighted by Gasteiger charge is -2.24. The molecule has 0 saturated carbocycles. The number of methoxy groups -OCH3 is 1. The van der Waals surface area contributed by atoms with Gasteiger partial charge in [-0.1, -0.05) is 15.9 Å². The number of hydrogen-bond acceptors (Lipinski definition) is 5. The Labute approximate surface area is 160 Å². The summed E-state index contributed by atoms with van der Waals surface area (Å²) in [4.78, 5) is 12.9. The third-order valence-electron chi connectivity index (χ3n) is 3.58. The Morgan fingerprint density at radius 2 is 1.84 bits per heavy atom. The third-order valence-corrected chi connectivity index (χ3v) is 7.00. The van der Waals surface area contributed by atoms with E-state index in [1.807, 2.05) is 13.2 Å². The Balaban J connectivity index is 2.52. The van der Waals surface area contributed by atoms with E-state index in [4.69, 9.17) is 0 Å². The van der Waals surface area contributed by atoms with E-state index in [1.165, 1.54) is 31.0 Å². The number of aryl methyl sites for hydroxylation is 1. The number of halogens is 1. The molecule has 8 heteroatoms. The van der Waals surface area contributed by atoms with Gasteiger partial charge in [-0.2, -0.15) is 0 Å². The van der Waals surface area contributed by atoms with Crippen LogP contribution in [0.2, 0.25) is 0 Å². The van der Waals surface area contributed by atoms with Crippen LogP contribution >= 0.6 is 27.7 Å². The number of rotatable bonds is 6. The maximum atomic E-state index is 13.1. The summed E-state index contributed by atoms with van der Waals surface area (Å²) in [6.07, 6.45) is 1.91. The fraction of sp³-hybridized carbons (Fsp3) is 0.235. The lowest BCUT2D eigenvalue weighted by molar-refractivity contribution is -0.138. The average Bonchev–Trinajstić information content (AvgIpc) is 2.61. The molecule has 0 aliphatic rings. The molecular weight excluding hydrogens is 426 g/mol.